The number of halogens is 1. The fourth-order valence-corrected chi connectivity index (χ4v) is 3.59. The lowest BCUT2D eigenvalue weighted by Gasteiger charge is -2.38. The molecule has 0 spiro atoms. The van der Waals surface area contributed by atoms with E-state index in [1.165, 1.54) is 6.07 Å². The number of rotatable bonds is 4. The van der Waals surface area contributed by atoms with Gasteiger partial charge in [0.15, 0.2) is 5.75 Å². The van der Waals surface area contributed by atoms with Crippen LogP contribution in [0.3, 0.4) is 0 Å². The van der Waals surface area contributed by atoms with Gasteiger partial charge in [0.1, 0.15) is 24.9 Å². The van der Waals surface area contributed by atoms with Crippen molar-refractivity contribution < 1.29 is 13.9 Å². The summed E-state index contributed by atoms with van der Waals surface area (Å²) in [5, 5.41) is 0. The maximum Gasteiger partial charge on any atom is 0.257 e. The summed E-state index contributed by atoms with van der Waals surface area (Å²) in [4.78, 5) is 17.8. The first-order chi connectivity index (χ1) is 13.5. The molecule has 28 heavy (non-hydrogen) atoms. The van der Waals surface area contributed by atoms with E-state index in [-0.39, 0.29) is 11.9 Å². The smallest absolute Gasteiger partial charge is 0.257 e. The Balaban J connectivity index is 1.42. The van der Waals surface area contributed by atoms with Gasteiger partial charge in [0.25, 0.3) is 5.88 Å². The number of hydrogen-bond acceptors (Lipinski definition) is 7. The maximum atomic E-state index is 14.6. The van der Waals surface area contributed by atoms with Crippen molar-refractivity contribution in [1.82, 2.24) is 19.9 Å². The van der Waals surface area contributed by atoms with Crippen LogP contribution in [0, 0.1) is 5.82 Å². The second-order valence-electron chi connectivity index (χ2n) is 7.51. The minimum absolute atomic E-state index is 0.141. The Hall–Kier alpha value is -2.48. The third-order valence-corrected chi connectivity index (χ3v) is 5.31. The fourth-order valence-electron chi connectivity index (χ4n) is 3.59. The van der Waals surface area contributed by atoms with E-state index in [1.807, 2.05) is 19.3 Å². The first-order valence-electron chi connectivity index (χ1n) is 9.80. The van der Waals surface area contributed by atoms with Gasteiger partial charge in [-0.15, -0.1) is 0 Å². The molecule has 7 nitrogen and oxygen atoms in total. The predicted molar refractivity (Wildman–Crippen MR) is 104 cm³/mol. The van der Waals surface area contributed by atoms with E-state index in [9.17, 15) is 4.39 Å². The zero-order chi connectivity index (χ0) is 19.7. The zero-order valence-electron chi connectivity index (χ0n) is 16.6. The number of anilines is 1. The molecule has 1 unspecified atom stereocenters. The fraction of sp³-hybridized carbons (Fsp3) is 0.550. The van der Waals surface area contributed by atoms with Gasteiger partial charge in [0, 0.05) is 38.2 Å². The number of fused-ring (bicyclic) bond motifs is 1. The molecule has 4 rings (SSSR count). The molecule has 4 heterocycles. The minimum atomic E-state index is -0.350. The quantitative estimate of drug-likeness (QED) is 0.799. The first-order valence-corrected chi connectivity index (χ1v) is 9.80. The number of pyridine rings is 1. The number of ether oxygens (including phenoxy) is 2. The minimum Gasteiger partial charge on any atom is -0.484 e. The van der Waals surface area contributed by atoms with Gasteiger partial charge in [-0.1, -0.05) is 13.8 Å². The second kappa shape index (κ2) is 7.87. The highest BCUT2D eigenvalue weighted by molar-refractivity contribution is 5.43. The maximum absolute atomic E-state index is 14.6. The van der Waals surface area contributed by atoms with E-state index in [1.54, 1.807) is 0 Å². The van der Waals surface area contributed by atoms with Gasteiger partial charge in [0.05, 0.1) is 29.8 Å². The molecule has 2 aromatic rings. The zero-order valence-corrected chi connectivity index (χ0v) is 16.6. The van der Waals surface area contributed by atoms with Gasteiger partial charge in [-0.25, -0.2) is 19.3 Å². The SMILES string of the molecule is CC(C)c1ncc(N2CCN(C(C)c3nc4c(cc3F)OCCO4)CC2)cn1. The van der Waals surface area contributed by atoms with Crippen LogP contribution in [-0.4, -0.2) is 59.2 Å². The van der Waals surface area contributed by atoms with Gasteiger partial charge in [-0.05, 0) is 6.92 Å². The Morgan fingerprint density at radius 1 is 1.00 bits per heavy atom. The molecule has 0 bridgehead atoms. The summed E-state index contributed by atoms with van der Waals surface area (Å²) in [5.74, 6) is 1.60. The Kier molecular flexibility index (Phi) is 5.30. The van der Waals surface area contributed by atoms with Gasteiger partial charge >= 0.3 is 0 Å². The van der Waals surface area contributed by atoms with Crippen LogP contribution in [0.15, 0.2) is 18.5 Å². The molecule has 0 radical (unpaired) electrons. The molecule has 0 saturated carbocycles. The Bertz CT molecular complexity index is 822. The molecular weight excluding hydrogens is 361 g/mol. The van der Waals surface area contributed by atoms with Crippen molar-refractivity contribution in [2.45, 2.75) is 32.7 Å². The number of piperazine rings is 1. The van der Waals surface area contributed by atoms with Crippen LogP contribution in [0.25, 0.3) is 0 Å². The van der Waals surface area contributed by atoms with Crippen LogP contribution in [0.1, 0.15) is 44.2 Å². The molecule has 1 fully saturated rings. The van der Waals surface area contributed by atoms with Gasteiger partial charge < -0.3 is 14.4 Å². The van der Waals surface area contributed by atoms with Crippen molar-refractivity contribution in [3.8, 4) is 11.6 Å². The van der Waals surface area contributed by atoms with Crippen molar-refractivity contribution in [1.29, 1.82) is 0 Å². The summed E-state index contributed by atoms with van der Waals surface area (Å²) in [5.41, 5.74) is 1.43. The van der Waals surface area contributed by atoms with E-state index in [0.29, 0.717) is 36.5 Å². The van der Waals surface area contributed by atoms with E-state index in [4.69, 9.17) is 9.47 Å². The normalized spacial score (nSPS) is 18.4. The third-order valence-electron chi connectivity index (χ3n) is 5.31. The monoisotopic (exact) mass is 387 g/mol. The number of nitrogens with zero attached hydrogens (tertiary/aromatic N) is 5. The van der Waals surface area contributed by atoms with E-state index < -0.39 is 0 Å². The highest BCUT2D eigenvalue weighted by Gasteiger charge is 2.27. The highest BCUT2D eigenvalue weighted by Crippen LogP contribution is 2.33. The van der Waals surface area contributed by atoms with Crippen LogP contribution in [0.2, 0.25) is 0 Å². The predicted octanol–water partition coefficient (Wildman–Crippen LogP) is 2.79. The summed E-state index contributed by atoms with van der Waals surface area (Å²) in [6.07, 6.45) is 3.78. The molecule has 2 aromatic heterocycles. The molecule has 8 heteroatoms. The van der Waals surface area contributed by atoms with Crippen molar-refractivity contribution >= 4 is 5.69 Å². The van der Waals surface area contributed by atoms with Gasteiger partial charge in [0.2, 0.25) is 0 Å². The van der Waals surface area contributed by atoms with Crippen LogP contribution in [0.4, 0.5) is 10.1 Å². The average Bonchev–Trinajstić information content (AvgIpc) is 2.73. The van der Waals surface area contributed by atoms with Crippen LogP contribution in [-0.2, 0) is 0 Å². The standard InChI is InChI=1S/C20H26FN5O2/c1-13(2)19-22-11-15(12-23-19)26-6-4-25(5-7-26)14(3)18-16(21)10-17-20(24-18)28-9-8-27-17/h10-14H,4-9H2,1-3H3. The molecule has 2 aliphatic heterocycles. The molecule has 150 valence electrons. The molecule has 2 aliphatic rings. The lowest BCUT2D eigenvalue weighted by atomic mass is 10.1. The van der Waals surface area contributed by atoms with Gasteiger partial charge in [-0.3, -0.25) is 4.90 Å². The van der Waals surface area contributed by atoms with Crippen molar-refractivity contribution in [2.75, 3.05) is 44.3 Å². The van der Waals surface area contributed by atoms with Crippen LogP contribution in [0.5, 0.6) is 11.6 Å². The topological polar surface area (TPSA) is 63.6 Å². The Morgan fingerprint density at radius 3 is 2.36 bits per heavy atom. The summed E-state index contributed by atoms with van der Waals surface area (Å²) in [6.45, 7) is 10.3. The molecule has 0 aliphatic carbocycles. The Labute approximate surface area is 164 Å². The summed E-state index contributed by atoms with van der Waals surface area (Å²) >= 11 is 0. The van der Waals surface area contributed by atoms with E-state index in [2.05, 4.69) is 38.6 Å². The summed E-state index contributed by atoms with van der Waals surface area (Å²) in [7, 11) is 0. The van der Waals surface area contributed by atoms with Crippen molar-refractivity contribution in [3.05, 3.63) is 35.8 Å². The highest BCUT2D eigenvalue weighted by atomic mass is 19.1. The Morgan fingerprint density at radius 2 is 1.68 bits per heavy atom. The summed E-state index contributed by atoms with van der Waals surface area (Å²) < 4.78 is 25.5. The van der Waals surface area contributed by atoms with Crippen LogP contribution < -0.4 is 14.4 Å². The first kappa shape index (κ1) is 18.9. The molecule has 1 saturated heterocycles. The van der Waals surface area contributed by atoms with E-state index >= 15 is 0 Å². The molecular formula is C20H26FN5O2. The molecule has 0 N–H and O–H groups in total. The molecule has 0 amide bonds. The van der Waals surface area contributed by atoms with Crippen LogP contribution >= 0.6 is 0 Å². The average molecular weight is 387 g/mol. The molecule has 1 atom stereocenters. The van der Waals surface area contributed by atoms with Gasteiger partial charge in [-0.2, -0.15) is 0 Å². The van der Waals surface area contributed by atoms with E-state index in [0.717, 1.165) is 37.7 Å². The number of hydrogen-bond donors (Lipinski definition) is 0. The number of aromatic nitrogens is 3. The molecule has 0 aromatic carbocycles. The van der Waals surface area contributed by atoms with Crippen molar-refractivity contribution in [3.63, 3.8) is 0 Å². The summed E-state index contributed by atoms with van der Waals surface area (Å²) in [6, 6.07) is 1.24. The third kappa shape index (κ3) is 3.73. The lowest BCUT2D eigenvalue weighted by molar-refractivity contribution is 0.157. The van der Waals surface area contributed by atoms with Crippen molar-refractivity contribution in [2.24, 2.45) is 0 Å². The largest absolute Gasteiger partial charge is 0.484 e. The second-order valence-corrected chi connectivity index (χ2v) is 7.51. The lowest BCUT2D eigenvalue weighted by Crippen LogP contribution is -2.47.